The Morgan fingerprint density at radius 1 is 1.38 bits per heavy atom. The van der Waals surface area contributed by atoms with Crippen molar-refractivity contribution in [1.82, 2.24) is 0 Å². The van der Waals surface area contributed by atoms with E-state index in [-0.39, 0.29) is 6.42 Å². The summed E-state index contributed by atoms with van der Waals surface area (Å²) in [6.45, 7) is 0. The summed E-state index contributed by atoms with van der Waals surface area (Å²) in [7, 11) is 1.96. The summed E-state index contributed by atoms with van der Waals surface area (Å²) in [6.07, 6.45) is -1.14. The lowest BCUT2D eigenvalue weighted by molar-refractivity contribution is -0.146. The van der Waals surface area contributed by atoms with Crippen molar-refractivity contribution in [3.05, 3.63) is 29.8 Å². The fraction of sp³-hybridized carbons (Fsp3) is 0.222. The van der Waals surface area contributed by atoms with Crippen LogP contribution in [-0.2, 0) is 11.2 Å². The van der Waals surface area contributed by atoms with Crippen molar-refractivity contribution in [3.63, 3.8) is 0 Å². The van der Waals surface area contributed by atoms with Gasteiger partial charge in [0.2, 0.25) is 0 Å². The minimum Gasteiger partial charge on any atom is -0.479 e. The molecule has 13 heavy (non-hydrogen) atoms. The molecule has 1 aromatic rings. The quantitative estimate of drug-likeness (QED) is 0.579. The van der Waals surface area contributed by atoms with Crippen LogP contribution < -0.4 is 5.46 Å². The van der Waals surface area contributed by atoms with Crippen LogP contribution in [-0.4, -0.2) is 30.1 Å². The van der Waals surface area contributed by atoms with Gasteiger partial charge >= 0.3 is 5.97 Å². The zero-order valence-electron chi connectivity index (χ0n) is 7.40. The van der Waals surface area contributed by atoms with Crippen molar-refractivity contribution < 1.29 is 15.0 Å². The normalized spacial score (nSPS) is 12.4. The molecule has 2 N–H and O–H groups in total. The fourth-order valence-electron chi connectivity index (χ4n) is 1.03. The molecule has 0 saturated heterocycles. The van der Waals surface area contributed by atoms with Crippen LogP contribution in [0.1, 0.15) is 5.56 Å². The highest BCUT2D eigenvalue weighted by Gasteiger charge is 2.12. The molecule has 0 aliphatic heterocycles. The van der Waals surface area contributed by atoms with Gasteiger partial charge in [-0.2, -0.15) is 0 Å². The summed E-state index contributed by atoms with van der Waals surface area (Å²) in [6, 6.07) is 7.43. The van der Waals surface area contributed by atoms with Crippen molar-refractivity contribution in [2.24, 2.45) is 0 Å². The van der Waals surface area contributed by atoms with Crippen LogP contribution >= 0.6 is 0 Å². The van der Waals surface area contributed by atoms with Gasteiger partial charge < -0.3 is 10.2 Å². The van der Waals surface area contributed by atoms with Gasteiger partial charge in [0.05, 0.1) is 0 Å². The van der Waals surface area contributed by atoms with Crippen LogP contribution in [0.5, 0.6) is 0 Å². The minimum atomic E-state index is -1.30. The van der Waals surface area contributed by atoms with Crippen LogP contribution in [0.2, 0.25) is 0 Å². The highest BCUT2D eigenvalue weighted by atomic mass is 16.4. The Morgan fingerprint density at radius 2 is 1.92 bits per heavy atom. The molecule has 4 heteroatoms. The van der Waals surface area contributed by atoms with Crippen LogP contribution in [0.25, 0.3) is 0 Å². The van der Waals surface area contributed by atoms with Crippen molar-refractivity contribution in [3.8, 4) is 0 Å². The smallest absolute Gasteiger partial charge is 0.332 e. The first-order valence-electron chi connectivity index (χ1n) is 4.06. The molecule has 0 bridgehead atoms. The van der Waals surface area contributed by atoms with Gasteiger partial charge in [-0.25, -0.2) is 4.79 Å². The monoisotopic (exact) mass is 178 g/mol. The number of hydrogen-bond acceptors (Lipinski definition) is 2. The first kappa shape index (κ1) is 9.80. The highest BCUT2D eigenvalue weighted by Crippen LogP contribution is 2.01. The molecule has 1 unspecified atom stereocenters. The molecule has 0 spiro atoms. The molecule has 1 rings (SSSR count). The molecule has 0 amide bonds. The number of rotatable bonds is 3. The van der Waals surface area contributed by atoms with E-state index in [1.54, 1.807) is 0 Å². The summed E-state index contributed by atoms with van der Waals surface area (Å²) < 4.78 is 0. The van der Waals surface area contributed by atoms with Crippen LogP contribution in [0.15, 0.2) is 24.3 Å². The fourth-order valence-corrected chi connectivity index (χ4v) is 1.03. The Hall–Kier alpha value is -1.29. The summed E-state index contributed by atoms with van der Waals surface area (Å²) in [5.41, 5.74) is 1.95. The molecule has 0 saturated carbocycles. The van der Waals surface area contributed by atoms with Crippen LogP contribution in [0.3, 0.4) is 0 Å². The zero-order valence-corrected chi connectivity index (χ0v) is 7.40. The number of carboxylic acid groups (broad SMARTS) is 1. The third-order valence-electron chi connectivity index (χ3n) is 1.83. The lowest BCUT2D eigenvalue weighted by Crippen LogP contribution is -2.22. The standard InChI is InChI=1S/C9H11BO3/c10-7-3-1-6(2-4-7)5-8(11)9(12)13/h1-4,8,11H,5,10H2,(H,12,13). The molecular formula is C9H11BO3. The minimum absolute atomic E-state index is 0.162. The maximum absolute atomic E-state index is 10.3. The Morgan fingerprint density at radius 3 is 2.38 bits per heavy atom. The summed E-state index contributed by atoms with van der Waals surface area (Å²) in [5, 5.41) is 17.5. The Kier molecular flexibility index (Phi) is 3.09. The largest absolute Gasteiger partial charge is 0.479 e. The zero-order chi connectivity index (χ0) is 9.84. The van der Waals surface area contributed by atoms with E-state index in [1.165, 1.54) is 0 Å². The molecule has 3 nitrogen and oxygen atoms in total. The van der Waals surface area contributed by atoms with Crippen molar-refractivity contribution in [2.75, 3.05) is 0 Å². The topological polar surface area (TPSA) is 57.5 Å². The average Bonchev–Trinajstić information content (AvgIpc) is 2.08. The molecule has 0 fully saturated rings. The van der Waals surface area contributed by atoms with Gasteiger partial charge in [-0.05, 0) is 5.56 Å². The van der Waals surface area contributed by atoms with E-state index in [1.807, 2.05) is 32.1 Å². The molecule has 0 heterocycles. The van der Waals surface area contributed by atoms with E-state index >= 15 is 0 Å². The lowest BCUT2D eigenvalue weighted by atomic mass is 9.94. The molecule has 1 atom stereocenters. The molecule has 68 valence electrons. The second-order valence-corrected chi connectivity index (χ2v) is 3.04. The van der Waals surface area contributed by atoms with Gasteiger partial charge in [0.15, 0.2) is 6.10 Å². The van der Waals surface area contributed by atoms with Gasteiger partial charge in [0, 0.05) is 6.42 Å². The number of aliphatic carboxylic acids is 1. The Balaban J connectivity index is 2.64. The number of carboxylic acids is 1. The summed E-state index contributed by atoms with van der Waals surface area (Å²) in [5.74, 6) is -1.18. The highest BCUT2D eigenvalue weighted by molar-refractivity contribution is 6.32. The van der Waals surface area contributed by atoms with Gasteiger partial charge in [0.1, 0.15) is 7.85 Å². The van der Waals surface area contributed by atoms with E-state index in [0.29, 0.717) is 0 Å². The van der Waals surface area contributed by atoms with Gasteiger partial charge in [-0.3, -0.25) is 0 Å². The second kappa shape index (κ2) is 4.09. The van der Waals surface area contributed by atoms with Crippen LogP contribution in [0.4, 0.5) is 0 Å². The molecule has 0 aliphatic rings. The lowest BCUT2D eigenvalue weighted by Gasteiger charge is -2.05. The van der Waals surface area contributed by atoms with Crippen molar-refractivity contribution >= 4 is 19.3 Å². The van der Waals surface area contributed by atoms with E-state index in [0.717, 1.165) is 11.0 Å². The Labute approximate surface area is 77.4 Å². The summed E-state index contributed by atoms with van der Waals surface area (Å²) in [4.78, 5) is 10.3. The number of carbonyl (C=O) groups is 1. The maximum Gasteiger partial charge on any atom is 0.332 e. The second-order valence-electron chi connectivity index (χ2n) is 3.04. The number of hydrogen-bond donors (Lipinski definition) is 2. The molecular weight excluding hydrogens is 167 g/mol. The Bertz CT molecular complexity index is 294. The van der Waals surface area contributed by atoms with Gasteiger partial charge in [0.25, 0.3) is 0 Å². The molecule has 0 aromatic heterocycles. The first-order chi connectivity index (χ1) is 6.09. The molecule has 0 aliphatic carbocycles. The first-order valence-corrected chi connectivity index (χ1v) is 4.06. The van der Waals surface area contributed by atoms with Crippen molar-refractivity contribution in [2.45, 2.75) is 12.5 Å². The van der Waals surface area contributed by atoms with Crippen LogP contribution in [0, 0.1) is 0 Å². The molecule has 1 aromatic carbocycles. The third kappa shape index (κ3) is 2.91. The SMILES string of the molecule is Bc1ccc(CC(O)C(=O)O)cc1. The maximum atomic E-state index is 10.3. The van der Waals surface area contributed by atoms with E-state index in [2.05, 4.69) is 0 Å². The third-order valence-corrected chi connectivity index (χ3v) is 1.83. The van der Waals surface area contributed by atoms with E-state index in [9.17, 15) is 4.79 Å². The molecule has 0 radical (unpaired) electrons. The average molecular weight is 178 g/mol. The van der Waals surface area contributed by atoms with Gasteiger partial charge in [-0.1, -0.05) is 29.7 Å². The summed E-state index contributed by atoms with van der Waals surface area (Å²) >= 11 is 0. The number of aliphatic hydroxyl groups is 1. The van der Waals surface area contributed by atoms with Crippen molar-refractivity contribution in [1.29, 1.82) is 0 Å². The predicted octanol–water partition coefficient (Wildman–Crippen LogP) is -1.07. The van der Waals surface area contributed by atoms with E-state index in [4.69, 9.17) is 10.2 Å². The van der Waals surface area contributed by atoms with E-state index < -0.39 is 12.1 Å². The number of benzene rings is 1. The van der Waals surface area contributed by atoms with Gasteiger partial charge in [-0.15, -0.1) is 0 Å². The number of aliphatic hydroxyl groups excluding tert-OH is 1. The predicted molar refractivity (Wildman–Crippen MR) is 52.0 cm³/mol.